The molecule has 0 spiro atoms. The normalized spacial score (nSPS) is 26.9. The number of thioether (sulfide) groups is 1. The minimum absolute atomic E-state index is 0.120. The molecule has 0 bridgehead atoms. The second kappa shape index (κ2) is 7.25. The van der Waals surface area contributed by atoms with Gasteiger partial charge in [-0.1, -0.05) is 20.3 Å². The first-order chi connectivity index (χ1) is 9.54. The third-order valence-corrected chi connectivity index (χ3v) is 5.89. The van der Waals surface area contributed by atoms with Crippen LogP contribution in [0.1, 0.15) is 39.5 Å². The van der Waals surface area contributed by atoms with E-state index in [2.05, 4.69) is 40.1 Å². The predicted molar refractivity (Wildman–Crippen MR) is 88.1 cm³/mol. The zero-order valence-electron chi connectivity index (χ0n) is 12.1. The van der Waals surface area contributed by atoms with E-state index >= 15 is 0 Å². The van der Waals surface area contributed by atoms with Gasteiger partial charge in [0.2, 0.25) is 0 Å². The van der Waals surface area contributed by atoms with E-state index in [-0.39, 0.29) is 12.1 Å². The summed E-state index contributed by atoms with van der Waals surface area (Å²) >= 11 is 5.39. The van der Waals surface area contributed by atoms with Crippen LogP contribution in [-0.4, -0.2) is 33.5 Å². The standard InChI is InChI=1S/C15H23BrN2OS/c1-11(2)18-15(10-19)7-3-5-12(9-15)20-14-13(16)6-4-8-17-14/h4,6,8,11-12,18-19H,3,5,7,9-10H2,1-2H3. The highest BCUT2D eigenvalue weighted by molar-refractivity contribution is 9.10. The van der Waals surface area contributed by atoms with Crippen molar-refractivity contribution >= 4 is 27.7 Å². The molecule has 1 heterocycles. The maximum absolute atomic E-state index is 9.83. The first-order valence-corrected chi connectivity index (χ1v) is 8.88. The van der Waals surface area contributed by atoms with Gasteiger partial charge in [-0.2, -0.15) is 0 Å². The third kappa shape index (κ3) is 4.20. The number of nitrogens with one attached hydrogen (secondary N) is 1. The van der Waals surface area contributed by atoms with E-state index in [1.165, 1.54) is 6.42 Å². The summed E-state index contributed by atoms with van der Waals surface area (Å²) in [5.74, 6) is 0. The van der Waals surface area contributed by atoms with E-state index < -0.39 is 0 Å². The average molecular weight is 359 g/mol. The van der Waals surface area contributed by atoms with Gasteiger partial charge >= 0.3 is 0 Å². The molecule has 0 radical (unpaired) electrons. The van der Waals surface area contributed by atoms with E-state index in [0.29, 0.717) is 11.3 Å². The highest BCUT2D eigenvalue weighted by Crippen LogP contribution is 2.39. The number of aliphatic hydroxyl groups is 1. The van der Waals surface area contributed by atoms with Crippen molar-refractivity contribution in [1.82, 2.24) is 10.3 Å². The van der Waals surface area contributed by atoms with E-state index in [1.54, 1.807) is 0 Å². The Balaban J connectivity index is 2.04. The van der Waals surface area contributed by atoms with Crippen LogP contribution in [0, 0.1) is 0 Å². The molecule has 1 aliphatic carbocycles. The van der Waals surface area contributed by atoms with Crippen LogP contribution in [-0.2, 0) is 0 Å². The molecular formula is C15H23BrN2OS. The predicted octanol–water partition coefficient (Wildman–Crippen LogP) is 3.61. The Labute approximate surface area is 134 Å². The first-order valence-electron chi connectivity index (χ1n) is 7.20. The van der Waals surface area contributed by atoms with Crippen molar-refractivity contribution in [3.8, 4) is 0 Å². The Morgan fingerprint density at radius 2 is 2.40 bits per heavy atom. The Bertz CT molecular complexity index is 444. The van der Waals surface area contributed by atoms with Crippen LogP contribution < -0.4 is 5.32 Å². The molecule has 2 rings (SSSR count). The largest absolute Gasteiger partial charge is 0.394 e. The molecule has 20 heavy (non-hydrogen) atoms. The average Bonchev–Trinajstić information content (AvgIpc) is 2.41. The van der Waals surface area contributed by atoms with Gasteiger partial charge in [-0.3, -0.25) is 0 Å². The number of pyridine rings is 1. The molecule has 2 unspecified atom stereocenters. The highest BCUT2D eigenvalue weighted by Gasteiger charge is 2.36. The second-order valence-corrected chi connectivity index (χ2v) is 8.01. The fourth-order valence-corrected chi connectivity index (χ4v) is 4.80. The molecule has 0 saturated heterocycles. The van der Waals surface area contributed by atoms with Gasteiger partial charge in [-0.05, 0) is 47.3 Å². The topological polar surface area (TPSA) is 45.1 Å². The SMILES string of the molecule is CC(C)NC1(CO)CCCC(Sc2ncccc2Br)C1. The molecule has 0 amide bonds. The molecule has 1 aromatic rings. The van der Waals surface area contributed by atoms with Crippen LogP contribution in [0.5, 0.6) is 0 Å². The minimum Gasteiger partial charge on any atom is -0.394 e. The lowest BCUT2D eigenvalue weighted by Gasteiger charge is -2.41. The van der Waals surface area contributed by atoms with Gasteiger partial charge in [0.15, 0.2) is 0 Å². The summed E-state index contributed by atoms with van der Waals surface area (Å²) < 4.78 is 1.06. The number of hydrogen-bond donors (Lipinski definition) is 2. The molecule has 1 aromatic heterocycles. The fourth-order valence-electron chi connectivity index (χ4n) is 2.96. The van der Waals surface area contributed by atoms with Crippen molar-refractivity contribution in [3.63, 3.8) is 0 Å². The number of hydrogen-bond acceptors (Lipinski definition) is 4. The summed E-state index contributed by atoms with van der Waals surface area (Å²) in [4.78, 5) is 4.44. The molecule has 1 aliphatic rings. The van der Waals surface area contributed by atoms with E-state index in [4.69, 9.17) is 0 Å². The van der Waals surface area contributed by atoms with Gasteiger partial charge in [-0.25, -0.2) is 4.98 Å². The Morgan fingerprint density at radius 3 is 3.05 bits per heavy atom. The number of nitrogens with zero attached hydrogens (tertiary/aromatic N) is 1. The molecule has 1 fully saturated rings. The molecule has 112 valence electrons. The second-order valence-electron chi connectivity index (χ2n) is 5.86. The Kier molecular flexibility index (Phi) is 5.90. The quantitative estimate of drug-likeness (QED) is 0.843. The summed E-state index contributed by atoms with van der Waals surface area (Å²) in [6, 6.07) is 4.37. The Hall–Kier alpha value is -0.100. The lowest BCUT2D eigenvalue weighted by atomic mass is 9.81. The monoisotopic (exact) mass is 358 g/mol. The molecular weight excluding hydrogens is 336 g/mol. The minimum atomic E-state index is -0.120. The number of rotatable bonds is 5. The van der Waals surface area contributed by atoms with Gasteiger partial charge in [0.25, 0.3) is 0 Å². The molecule has 0 aromatic carbocycles. The van der Waals surface area contributed by atoms with Crippen molar-refractivity contribution in [2.75, 3.05) is 6.61 Å². The maximum atomic E-state index is 9.83. The summed E-state index contributed by atoms with van der Waals surface area (Å²) in [6.07, 6.45) is 6.23. The van der Waals surface area contributed by atoms with E-state index in [9.17, 15) is 5.11 Å². The van der Waals surface area contributed by atoms with Crippen molar-refractivity contribution in [3.05, 3.63) is 22.8 Å². The maximum Gasteiger partial charge on any atom is 0.110 e. The fraction of sp³-hybridized carbons (Fsp3) is 0.667. The van der Waals surface area contributed by atoms with Gasteiger partial charge in [0.1, 0.15) is 5.03 Å². The summed E-state index contributed by atoms with van der Waals surface area (Å²) in [5.41, 5.74) is -0.120. The zero-order chi connectivity index (χ0) is 14.6. The van der Waals surface area contributed by atoms with E-state index in [1.807, 2.05) is 30.1 Å². The van der Waals surface area contributed by atoms with Crippen LogP contribution >= 0.6 is 27.7 Å². The molecule has 0 aliphatic heterocycles. The molecule has 3 nitrogen and oxygen atoms in total. The van der Waals surface area contributed by atoms with Crippen molar-refractivity contribution < 1.29 is 5.11 Å². The number of aliphatic hydroxyl groups excluding tert-OH is 1. The molecule has 5 heteroatoms. The van der Waals surface area contributed by atoms with Gasteiger partial charge in [-0.15, -0.1) is 11.8 Å². The van der Waals surface area contributed by atoms with Crippen molar-refractivity contribution in [2.45, 2.75) is 61.4 Å². The number of halogens is 1. The van der Waals surface area contributed by atoms with Crippen LogP contribution in [0.15, 0.2) is 27.8 Å². The number of aromatic nitrogens is 1. The lowest BCUT2D eigenvalue weighted by Crippen LogP contribution is -2.54. The first kappa shape index (κ1) is 16.3. The lowest BCUT2D eigenvalue weighted by molar-refractivity contribution is 0.115. The van der Waals surface area contributed by atoms with Crippen LogP contribution in [0.2, 0.25) is 0 Å². The van der Waals surface area contributed by atoms with Crippen LogP contribution in [0.25, 0.3) is 0 Å². The van der Waals surface area contributed by atoms with Crippen LogP contribution in [0.4, 0.5) is 0 Å². The zero-order valence-corrected chi connectivity index (χ0v) is 14.5. The molecule has 2 N–H and O–H groups in total. The van der Waals surface area contributed by atoms with E-state index in [0.717, 1.165) is 28.8 Å². The summed E-state index contributed by atoms with van der Waals surface area (Å²) in [5, 5.41) is 15.0. The van der Waals surface area contributed by atoms with Gasteiger partial charge in [0, 0.05) is 27.5 Å². The summed E-state index contributed by atoms with van der Waals surface area (Å²) in [7, 11) is 0. The van der Waals surface area contributed by atoms with Crippen LogP contribution in [0.3, 0.4) is 0 Å². The van der Waals surface area contributed by atoms with Crippen molar-refractivity contribution in [2.24, 2.45) is 0 Å². The Morgan fingerprint density at radius 1 is 1.60 bits per heavy atom. The highest BCUT2D eigenvalue weighted by atomic mass is 79.9. The van der Waals surface area contributed by atoms with Gasteiger partial charge < -0.3 is 10.4 Å². The van der Waals surface area contributed by atoms with Crippen molar-refractivity contribution in [1.29, 1.82) is 0 Å². The smallest absolute Gasteiger partial charge is 0.110 e. The third-order valence-electron chi connectivity index (χ3n) is 3.70. The van der Waals surface area contributed by atoms with Gasteiger partial charge in [0.05, 0.1) is 6.61 Å². The molecule has 1 saturated carbocycles. The summed E-state index contributed by atoms with van der Waals surface area (Å²) in [6.45, 7) is 4.50. The molecule has 2 atom stereocenters.